The second-order valence-corrected chi connectivity index (χ2v) is 8.24. The molecule has 2 unspecified atom stereocenters. The number of aromatic nitrogens is 1. The molecule has 2 aromatic carbocycles. The van der Waals surface area contributed by atoms with Crippen molar-refractivity contribution in [1.82, 2.24) is 4.98 Å². The zero-order valence-corrected chi connectivity index (χ0v) is 18.1. The number of carbonyl (C=O) groups is 1. The first-order valence-corrected chi connectivity index (χ1v) is 10.5. The molecule has 4 rings (SSSR count). The van der Waals surface area contributed by atoms with Gasteiger partial charge >= 0.3 is 0 Å². The fraction of sp³-hybridized carbons (Fsp3) is 0.208. The lowest BCUT2D eigenvalue weighted by atomic mass is 9.84. The molecule has 1 amide bonds. The van der Waals surface area contributed by atoms with E-state index < -0.39 is 17.3 Å². The molecule has 0 bridgehead atoms. The molecule has 0 spiro atoms. The van der Waals surface area contributed by atoms with Crippen LogP contribution in [0.25, 0.3) is 0 Å². The van der Waals surface area contributed by atoms with Crippen molar-refractivity contribution >= 4 is 29.0 Å². The molecule has 2 heterocycles. The van der Waals surface area contributed by atoms with Gasteiger partial charge in [-0.2, -0.15) is 0 Å². The number of anilines is 1. The Morgan fingerprint density at radius 1 is 1.22 bits per heavy atom. The number of ether oxygens (including phenoxy) is 1. The summed E-state index contributed by atoms with van der Waals surface area (Å²) in [7, 11) is 0. The molecule has 1 aromatic heterocycles. The molecule has 0 saturated carbocycles. The van der Waals surface area contributed by atoms with Gasteiger partial charge in [0.05, 0.1) is 16.7 Å². The van der Waals surface area contributed by atoms with Gasteiger partial charge in [0.2, 0.25) is 0 Å². The first-order chi connectivity index (χ1) is 15.3. The number of nitrogens with one attached hydrogen (secondary N) is 1. The van der Waals surface area contributed by atoms with Gasteiger partial charge in [-0.1, -0.05) is 41.9 Å². The van der Waals surface area contributed by atoms with E-state index in [1.54, 1.807) is 12.1 Å². The first-order valence-electron chi connectivity index (χ1n) is 10.1. The molecular formula is C24H22ClFN4O2. The van der Waals surface area contributed by atoms with Gasteiger partial charge in [0.25, 0.3) is 5.91 Å². The number of aliphatic imine (C=N–C) groups is 1. The summed E-state index contributed by atoms with van der Waals surface area (Å²) >= 11 is 5.83. The maximum Gasteiger partial charge on any atom is 0.274 e. The van der Waals surface area contributed by atoms with Crippen molar-refractivity contribution in [1.29, 1.82) is 0 Å². The molecule has 0 aliphatic carbocycles. The average Bonchev–Trinajstić information content (AvgIpc) is 2.94. The van der Waals surface area contributed by atoms with E-state index in [4.69, 9.17) is 22.1 Å². The van der Waals surface area contributed by atoms with Gasteiger partial charge in [0.1, 0.15) is 24.0 Å². The number of nitrogens with two attached hydrogens (primary N) is 1. The number of carbonyl (C=O) groups excluding carboxylic acids is 1. The second kappa shape index (κ2) is 9.06. The van der Waals surface area contributed by atoms with Crippen molar-refractivity contribution in [3.63, 3.8) is 0 Å². The van der Waals surface area contributed by atoms with E-state index in [9.17, 15) is 4.79 Å². The van der Waals surface area contributed by atoms with Crippen molar-refractivity contribution in [2.45, 2.75) is 25.0 Å². The lowest BCUT2D eigenvalue weighted by Crippen LogP contribution is -2.26. The van der Waals surface area contributed by atoms with Crippen molar-refractivity contribution in [3.05, 3.63) is 94.5 Å². The highest BCUT2D eigenvalue weighted by Crippen LogP contribution is 2.40. The Kier molecular flexibility index (Phi) is 6.21. The van der Waals surface area contributed by atoms with Crippen molar-refractivity contribution < 1.29 is 13.9 Å². The summed E-state index contributed by atoms with van der Waals surface area (Å²) in [6, 6.07) is 17.1. The van der Waals surface area contributed by atoms with Gasteiger partial charge < -0.3 is 15.8 Å². The van der Waals surface area contributed by atoms with Crippen LogP contribution in [-0.4, -0.2) is 23.3 Å². The average molecular weight is 453 g/mol. The minimum Gasteiger partial charge on any atom is -0.386 e. The maximum absolute atomic E-state index is 15.0. The molecule has 1 aliphatic rings. The molecule has 2 atom stereocenters. The highest BCUT2D eigenvalue weighted by atomic mass is 35.5. The largest absolute Gasteiger partial charge is 0.386 e. The second-order valence-electron chi connectivity index (χ2n) is 7.80. The zero-order chi connectivity index (χ0) is 22.7. The summed E-state index contributed by atoms with van der Waals surface area (Å²) in [4.78, 5) is 21.1. The van der Waals surface area contributed by atoms with Crippen molar-refractivity contribution in [3.8, 4) is 0 Å². The third-order valence-corrected chi connectivity index (χ3v) is 5.57. The van der Waals surface area contributed by atoms with E-state index in [1.165, 1.54) is 24.4 Å². The van der Waals surface area contributed by atoms with E-state index in [0.717, 1.165) is 5.56 Å². The molecular weight excluding hydrogens is 431 g/mol. The van der Waals surface area contributed by atoms with Crippen LogP contribution in [0.15, 0.2) is 71.9 Å². The molecule has 164 valence electrons. The van der Waals surface area contributed by atoms with Gasteiger partial charge in [0.15, 0.2) is 0 Å². The number of nitrogens with zero attached hydrogens (tertiary/aromatic N) is 2. The standard InChI is InChI=1S/C24H22ClFN4O2/c1-24(12-21(32-14-22(27)30-24)15-5-3-2-4-6-15)18-11-17(8-9-19(18)26)29-23(31)20-10-7-16(25)13-28-20/h2-11,13,21H,12,14H2,1H3,(H2,27,30)(H,29,31). The number of amides is 1. The van der Waals surface area contributed by atoms with Crippen molar-refractivity contribution in [2.75, 3.05) is 11.9 Å². The molecule has 6 nitrogen and oxygen atoms in total. The SMILES string of the molecule is CC1(c2cc(NC(=O)c3ccc(Cl)cn3)ccc2F)CC(c2ccccc2)OCC(N)=N1. The normalized spacial score (nSPS) is 20.8. The Bertz CT molecular complexity index is 1150. The Balaban J connectivity index is 1.65. The molecule has 1 aliphatic heterocycles. The van der Waals surface area contributed by atoms with E-state index in [1.807, 2.05) is 37.3 Å². The Hall–Kier alpha value is -3.29. The molecule has 3 aromatic rings. The smallest absolute Gasteiger partial charge is 0.274 e. The van der Waals surface area contributed by atoms with Crippen LogP contribution in [-0.2, 0) is 10.3 Å². The number of amidine groups is 1. The molecule has 3 N–H and O–H groups in total. The third kappa shape index (κ3) is 4.79. The van der Waals surface area contributed by atoms with E-state index in [2.05, 4.69) is 15.3 Å². The topological polar surface area (TPSA) is 89.6 Å². The van der Waals surface area contributed by atoms with Crippen LogP contribution in [0.1, 0.15) is 41.1 Å². The number of benzene rings is 2. The van der Waals surface area contributed by atoms with Crippen molar-refractivity contribution in [2.24, 2.45) is 10.7 Å². The maximum atomic E-state index is 15.0. The Morgan fingerprint density at radius 2 is 2.00 bits per heavy atom. The van der Waals surface area contributed by atoms with Crippen LogP contribution in [0, 0.1) is 5.82 Å². The number of pyridine rings is 1. The van der Waals surface area contributed by atoms with Crippen LogP contribution in [0.4, 0.5) is 10.1 Å². The summed E-state index contributed by atoms with van der Waals surface area (Å²) in [5.74, 6) is -0.593. The van der Waals surface area contributed by atoms with Crippen LogP contribution in [0.5, 0.6) is 0 Å². The molecule has 32 heavy (non-hydrogen) atoms. The number of halogens is 2. The molecule has 8 heteroatoms. The highest BCUT2D eigenvalue weighted by molar-refractivity contribution is 6.30. The van der Waals surface area contributed by atoms with Gasteiger partial charge in [0, 0.05) is 23.9 Å². The summed E-state index contributed by atoms with van der Waals surface area (Å²) in [6.07, 6.45) is 1.45. The number of hydrogen-bond acceptors (Lipinski definition) is 5. The monoisotopic (exact) mass is 452 g/mol. The first kappa shape index (κ1) is 21.9. The molecule has 0 radical (unpaired) electrons. The molecule has 0 fully saturated rings. The van der Waals surface area contributed by atoms with E-state index in [0.29, 0.717) is 22.7 Å². The fourth-order valence-corrected chi connectivity index (χ4v) is 3.89. The highest BCUT2D eigenvalue weighted by Gasteiger charge is 2.36. The van der Waals surface area contributed by atoms with E-state index >= 15 is 4.39 Å². The lowest BCUT2D eigenvalue weighted by molar-refractivity contribution is 0.0647. The van der Waals surface area contributed by atoms with Gasteiger partial charge in [-0.3, -0.25) is 9.79 Å². The summed E-state index contributed by atoms with van der Waals surface area (Å²) in [5.41, 5.74) is 6.95. The predicted octanol–water partition coefficient (Wildman–Crippen LogP) is 4.86. The van der Waals surface area contributed by atoms with Crippen LogP contribution >= 0.6 is 11.6 Å². The van der Waals surface area contributed by atoms with Gasteiger partial charge in [-0.05, 0) is 42.8 Å². The zero-order valence-electron chi connectivity index (χ0n) is 17.4. The minimum absolute atomic E-state index is 0.148. The minimum atomic E-state index is -0.996. The van der Waals surface area contributed by atoms with Crippen LogP contribution in [0.2, 0.25) is 5.02 Å². The fourth-order valence-electron chi connectivity index (χ4n) is 3.77. The van der Waals surface area contributed by atoms with Gasteiger partial charge in [-0.25, -0.2) is 9.37 Å². The lowest BCUT2D eigenvalue weighted by Gasteiger charge is -2.29. The third-order valence-electron chi connectivity index (χ3n) is 5.34. The molecule has 0 saturated heterocycles. The van der Waals surface area contributed by atoms with Crippen LogP contribution < -0.4 is 11.1 Å². The van der Waals surface area contributed by atoms with Gasteiger partial charge in [-0.15, -0.1) is 0 Å². The predicted molar refractivity (Wildman–Crippen MR) is 122 cm³/mol. The summed E-state index contributed by atoms with van der Waals surface area (Å²) in [6.45, 7) is 1.96. The Labute approximate surface area is 190 Å². The van der Waals surface area contributed by atoms with Crippen LogP contribution in [0.3, 0.4) is 0 Å². The quantitative estimate of drug-likeness (QED) is 0.591. The summed E-state index contributed by atoms with van der Waals surface area (Å²) in [5, 5.41) is 3.18. The van der Waals surface area contributed by atoms with E-state index in [-0.39, 0.29) is 24.2 Å². The number of rotatable bonds is 4. The Morgan fingerprint density at radius 3 is 2.72 bits per heavy atom. The summed E-state index contributed by atoms with van der Waals surface area (Å²) < 4.78 is 21.0. The number of hydrogen-bond donors (Lipinski definition) is 2.